The van der Waals surface area contributed by atoms with E-state index in [2.05, 4.69) is 0 Å². The van der Waals surface area contributed by atoms with Crippen LogP contribution in [0.2, 0.25) is 5.02 Å². The number of aliphatic hydroxyl groups excluding tert-OH is 4. The number of rotatable bonds is 6. The first kappa shape index (κ1) is 22.5. The zero-order valence-corrected chi connectivity index (χ0v) is 17.7. The van der Waals surface area contributed by atoms with E-state index < -0.39 is 37.1 Å². The SMILES string of the molecule is OC[C@H]1O[C@@H](c2ccc(Cl)c(Cc3ccccc3OC3CCOC3)c2)[C@H](O)[C@@H](O)[C@@H]1O. The summed E-state index contributed by atoms with van der Waals surface area (Å²) in [5, 5.41) is 40.6. The molecule has 0 spiro atoms. The molecule has 4 N–H and O–H groups in total. The number of para-hydroxylation sites is 1. The van der Waals surface area contributed by atoms with Crippen molar-refractivity contribution < 1.29 is 34.6 Å². The molecule has 0 aliphatic carbocycles. The van der Waals surface area contributed by atoms with Crippen molar-refractivity contribution in [2.75, 3.05) is 19.8 Å². The van der Waals surface area contributed by atoms with Crippen LogP contribution in [0.1, 0.15) is 29.2 Å². The van der Waals surface area contributed by atoms with Gasteiger partial charge in [0.25, 0.3) is 0 Å². The summed E-state index contributed by atoms with van der Waals surface area (Å²) < 4.78 is 17.2. The summed E-state index contributed by atoms with van der Waals surface area (Å²) in [6.45, 7) is 0.791. The Morgan fingerprint density at radius 1 is 1.00 bits per heavy atom. The standard InChI is InChI=1S/C23H27ClO7/c24-17-6-5-14(23-22(28)21(27)20(26)19(11-25)31-23)10-15(17)9-13-3-1-2-4-18(13)30-16-7-8-29-12-16/h1-6,10,16,19-23,25-28H,7-9,11-12H2/t16?,19-,20-,21+,22-,23+/m1/s1. The topological polar surface area (TPSA) is 109 Å². The fourth-order valence-electron chi connectivity index (χ4n) is 4.04. The van der Waals surface area contributed by atoms with Crippen molar-refractivity contribution in [1.82, 2.24) is 0 Å². The molecule has 7 nitrogen and oxygen atoms in total. The summed E-state index contributed by atoms with van der Waals surface area (Å²) in [5.41, 5.74) is 2.36. The summed E-state index contributed by atoms with van der Waals surface area (Å²) in [6, 6.07) is 13.0. The highest BCUT2D eigenvalue weighted by Crippen LogP contribution is 2.35. The van der Waals surface area contributed by atoms with Gasteiger partial charge in [0, 0.05) is 17.9 Å². The molecule has 6 atom stereocenters. The third-order valence-electron chi connectivity index (χ3n) is 5.83. The van der Waals surface area contributed by atoms with Gasteiger partial charge in [-0.15, -0.1) is 0 Å². The van der Waals surface area contributed by atoms with Gasteiger partial charge in [-0.05, 0) is 28.8 Å². The van der Waals surface area contributed by atoms with E-state index in [1.54, 1.807) is 12.1 Å². The van der Waals surface area contributed by atoms with Crippen molar-refractivity contribution in [3.8, 4) is 5.75 Å². The van der Waals surface area contributed by atoms with E-state index in [4.69, 9.17) is 25.8 Å². The van der Waals surface area contributed by atoms with Crippen LogP contribution in [0.4, 0.5) is 0 Å². The largest absolute Gasteiger partial charge is 0.488 e. The lowest BCUT2D eigenvalue weighted by atomic mass is 9.90. The molecule has 0 amide bonds. The van der Waals surface area contributed by atoms with Gasteiger partial charge in [0.2, 0.25) is 0 Å². The summed E-state index contributed by atoms with van der Waals surface area (Å²) in [7, 11) is 0. The van der Waals surface area contributed by atoms with Crippen molar-refractivity contribution in [1.29, 1.82) is 0 Å². The molecule has 2 saturated heterocycles. The summed E-state index contributed by atoms with van der Waals surface area (Å²) in [4.78, 5) is 0. The Hall–Kier alpha value is -1.71. The minimum atomic E-state index is -1.43. The van der Waals surface area contributed by atoms with Gasteiger partial charge in [0.05, 0.1) is 19.8 Å². The van der Waals surface area contributed by atoms with Gasteiger partial charge in [-0.25, -0.2) is 0 Å². The maximum absolute atomic E-state index is 10.4. The first-order valence-electron chi connectivity index (χ1n) is 10.4. The lowest BCUT2D eigenvalue weighted by molar-refractivity contribution is -0.231. The van der Waals surface area contributed by atoms with Gasteiger partial charge in [-0.3, -0.25) is 0 Å². The molecule has 2 aromatic carbocycles. The van der Waals surface area contributed by atoms with E-state index in [1.165, 1.54) is 0 Å². The Morgan fingerprint density at radius 3 is 2.55 bits per heavy atom. The van der Waals surface area contributed by atoms with Gasteiger partial charge in [0.15, 0.2) is 0 Å². The molecule has 2 fully saturated rings. The van der Waals surface area contributed by atoms with E-state index in [-0.39, 0.29) is 6.10 Å². The molecule has 1 unspecified atom stereocenters. The number of ether oxygens (including phenoxy) is 3. The highest BCUT2D eigenvalue weighted by Gasteiger charge is 2.44. The fraction of sp³-hybridized carbons (Fsp3) is 0.478. The summed E-state index contributed by atoms with van der Waals surface area (Å²) in [5.74, 6) is 0.771. The lowest BCUT2D eigenvalue weighted by Crippen LogP contribution is -2.55. The highest BCUT2D eigenvalue weighted by molar-refractivity contribution is 6.31. The van der Waals surface area contributed by atoms with Crippen molar-refractivity contribution >= 4 is 11.6 Å². The minimum Gasteiger partial charge on any atom is -0.488 e. The second kappa shape index (κ2) is 9.83. The predicted molar refractivity (Wildman–Crippen MR) is 113 cm³/mol. The number of hydrogen-bond acceptors (Lipinski definition) is 7. The normalized spacial score (nSPS) is 31.0. The Labute approximate surface area is 185 Å². The van der Waals surface area contributed by atoms with Gasteiger partial charge in [-0.1, -0.05) is 41.9 Å². The van der Waals surface area contributed by atoms with Crippen LogP contribution in [0, 0.1) is 0 Å². The molecule has 2 aliphatic heterocycles. The van der Waals surface area contributed by atoms with Crippen LogP contribution in [-0.2, 0) is 15.9 Å². The van der Waals surface area contributed by atoms with Crippen LogP contribution in [0.25, 0.3) is 0 Å². The molecule has 0 saturated carbocycles. The van der Waals surface area contributed by atoms with E-state index in [1.807, 2.05) is 30.3 Å². The maximum Gasteiger partial charge on any atom is 0.124 e. The monoisotopic (exact) mass is 450 g/mol. The van der Waals surface area contributed by atoms with Crippen molar-refractivity contribution in [3.63, 3.8) is 0 Å². The van der Waals surface area contributed by atoms with E-state index >= 15 is 0 Å². The van der Waals surface area contributed by atoms with Crippen molar-refractivity contribution in [2.45, 2.75) is 49.5 Å². The molecule has 31 heavy (non-hydrogen) atoms. The van der Waals surface area contributed by atoms with Crippen LogP contribution in [-0.4, -0.2) is 70.8 Å². The van der Waals surface area contributed by atoms with E-state index in [0.29, 0.717) is 30.2 Å². The number of benzene rings is 2. The Balaban J connectivity index is 1.58. The average molecular weight is 451 g/mol. The Kier molecular flexibility index (Phi) is 7.13. The second-order valence-electron chi connectivity index (χ2n) is 7.99. The summed E-state index contributed by atoms with van der Waals surface area (Å²) in [6.07, 6.45) is -4.68. The predicted octanol–water partition coefficient (Wildman–Crippen LogP) is 1.61. The Morgan fingerprint density at radius 2 is 1.81 bits per heavy atom. The van der Waals surface area contributed by atoms with Gasteiger partial charge in [0.1, 0.15) is 42.4 Å². The summed E-state index contributed by atoms with van der Waals surface area (Å²) >= 11 is 6.46. The van der Waals surface area contributed by atoms with Crippen LogP contribution >= 0.6 is 11.6 Å². The fourth-order valence-corrected chi connectivity index (χ4v) is 4.22. The number of aliphatic hydroxyl groups is 4. The highest BCUT2D eigenvalue weighted by atomic mass is 35.5. The number of hydrogen-bond donors (Lipinski definition) is 4. The molecule has 2 heterocycles. The third kappa shape index (κ3) is 4.88. The van der Waals surface area contributed by atoms with Gasteiger partial charge in [-0.2, -0.15) is 0 Å². The van der Waals surface area contributed by atoms with Crippen molar-refractivity contribution in [3.05, 3.63) is 64.2 Å². The zero-order valence-electron chi connectivity index (χ0n) is 16.9. The molecule has 4 rings (SSSR count). The van der Waals surface area contributed by atoms with E-state index in [0.717, 1.165) is 23.3 Å². The number of halogens is 1. The molecule has 2 aromatic rings. The molecule has 0 aromatic heterocycles. The van der Waals surface area contributed by atoms with Crippen LogP contribution < -0.4 is 4.74 Å². The van der Waals surface area contributed by atoms with Gasteiger partial charge >= 0.3 is 0 Å². The molecule has 0 bridgehead atoms. The molecule has 8 heteroatoms. The van der Waals surface area contributed by atoms with E-state index in [9.17, 15) is 20.4 Å². The molecular formula is C23H27ClO7. The molecule has 168 valence electrons. The maximum atomic E-state index is 10.4. The van der Waals surface area contributed by atoms with Gasteiger partial charge < -0.3 is 34.6 Å². The molecular weight excluding hydrogens is 424 g/mol. The first-order chi connectivity index (χ1) is 15.0. The molecule has 0 radical (unpaired) electrons. The van der Waals surface area contributed by atoms with Crippen LogP contribution in [0.5, 0.6) is 5.75 Å². The quantitative estimate of drug-likeness (QED) is 0.529. The lowest BCUT2D eigenvalue weighted by Gasteiger charge is -2.40. The smallest absolute Gasteiger partial charge is 0.124 e. The average Bonchev–Trinajstić information content (AvgIpc) is 3.28. The first-order valence-corrected chi connectivity index (χ1v) is 10.8. The third-order valence-corrected chi connectivity index (χ3v) is 6.19. The van der Waals surface area contributed by atoms with Crippen LogP contribution in [0.3, 0.4) is 0 Å². The minimum absolute atomic E-state index is 0.0251. The second-order valence-corrected chi connectivity index (χ2v) is 8.40. The Bertz CT molecular complexity index is 884. The molecule has 2 aliphatic rings. The zero-order chi connectivity index (χ0) is 22.0. The van der Waals surface area contributed by atoms with Crippen LogP contribution in [0.15, 0.2) is 42.5 Å². The van der Waals surface area contributed by atoms with Crippen molar-refractivity contribution in [2.24, 2.45) is 0 Å².